The summed E-state index contributed by atoms with van der Waals surface area (Å²) in [4.78, 5) is 16.1. The predicted octanol–water partition coefficient (Wildman–Crippen LogP) is 3.00. The second kappa shape index (κ2) is 5.33. The van der Waals surface area contributed by atoms with Crippen molar-refractivity contribution in [2.75, 3.05) is 5.32 Å². The highest BCUT2D eigenvalue weighted by Crippen LogP contribution is 2.36. The van der Waals surface area contributed by atoms with Crippen LogP contribution in [0.5, 0.6) is 0 Å². The Morgan fingerprint density at radius 1 is 1.14 bits per heavy atom. The maximum absolute atomic E-state index is 11.7. The van der Waals surface area contributed by atoms with E-state index in [2.05, 4.69) is 26.6 Å². The smallest absolute Gasteiger partial charge is 0.271 e. The first-order chi connectivity index (χ1) is 10.8. The van der Waals surface area contributed by atoms with Gasteiger partial charge in [0.15, 0.2) is 0 Å². The molecule has 22 heavy (non-hydrogen) atoms. The van der Waals surface area contributed by atoms with Gasteiger partial charge in [0, 0.05) is 12.2 Å². The van der Waals surface area contributed by atoms with Crippen LogP contribution in [0.4, 0.5) is 5.82 Å². The summed E-state index contributed by atoms with van der Waals surface area (Å²) in [6.07, 6.45) is 5.15. The standard InChI is InChI=1S/C17H18N4O/c22-17-14-10-12(5-7-15(14)20-21-17)11-4-6-13(9-11)19-16-3-1-2-8-18-16/h1-3,5,7-8,10-11,13H,4,6,9H2,(H,18,19)(H2,20,21,22). The van der Waals surface area contributed by atoms with Crippen LogP contribution in [0.25, 0.3) is 10.9 Å². The van der Waals surface area contributed by atoms with Crippen molar-refractivity contribution in [3.63, 3.8) is 0 Å². The molecule has 4 rings (SSSR count). The van der Waals surface area contributed by atoms with Gasteiger partial charge in [-0.25, -0.2) is 4.98 Å². The average molecular weight is 294 g/mol. The monoisotopic (exact) mass is 294 g/mol. The van der Waals surface area contributed by atoms with Crippen molar-refractivity contribution in [2.45, 2.75) is 31.2 Å². The van der Waals surface area contributed by atoms with Gasteiger partial charge < -0.3 is 5.32 Å². The molecule has 2 unspecified atom stereocenters. The van der Waals surface area contributed by atoms with Crippen LogP contribution < -0.4 is 10.9 Å². The van der Waals surface area contributed by atoms with Gasteiger partial charge in [0.25, 0.3) is 5.56 Å². The lowest BCUT2D eigenvalue weighted by Crippen LogP contribution is -2.16. The first kappa shape index (κ1) is 13.1. The minimum Gasteiger partial charge on any atom is -0.367 e. The fourth-order valence-corrected chi connectivity index (χ4v) is 3.38. The molecule has 2 heterocycles. The number of nitrogens with zero attached hydrogens (tertiary/aromatic N) is 1. The predicted molar refractivity (Wildman–Crippen MR) is 87.2 cm³/mol. The molecule has 0 radical (unpaired) electrons. The second-order valence-electron chi connectivity index (χ2n) is 5.95. The molecule has 1 aliphatic carbocycles. The van der Waals surface area contributed by atoms with Crippen LogP contribution in [-0.2, 0) is 0 Å². The highest BCUT2D eigenvalue weighted by molar-refractivity contribution is 5.78. The summed E-state index contributed by atoms with van der Waals surface area (Å²) in [7, 11) is 0. The third kappa shape index (κ3) is 2.39. The van der Waals surface area contributed by atoms with Crippen LogP contribution in [0.3, 0.4) is 0 Å². The number of nitrogens with one attached hydrogen (secondary N) is 3. The highest BCUT2D eigenvalue weighted by Gasteiger charge is 2.26. The number of rotatable bonds is 3. The van der Waals surface area contributed by atoms with Gasteiger partial charge in [-0.1, -0.05) is 12.1 Å². The van der Waals surface area contributed by atoms with Gasteiger partial charge >= 0.3 is 0 Å². The number of pyridine rings is 1. The SMILES string of the molecule is O=c1[nH][nH]c2ccc(C3CCC(Nc4ccccn4)C3)cc12. The largest absolute Gasteiger partial charge is 0.367 e. The summed E-state index contributed by atoms with van der Waals surface area (Å²) in [5, 5.41) is 9.77. The average Bonchev–Trinajstić information content (AvgIpc) is 3.16. The number of aromatic nitrogens is 3. The Morgan fingerprint density at radius 3 is 2.95 bits per heavy atom. The fourth-order valence-electron chi connectivity index (χ4n) is 3.38. The van der Waals surface area contributed by atoms with Gasteiger partial charge in [0.1, 0.15) is 5.82 Å². The van der Waals surface area contributed by atoms with Gasteiger partial charge in [-0.15, -0.1) is 0 Å². The number of H-pyrrole nitrogens is 2. The van der Waals surface area contributed by atoms with Gasteiger partial charge in [-0.05, 0) is 55.0 Å². The lowest BCUT2D eigenvalue weighted by atomic mass is 9.96. The summed E-state index contributed by atoms with van der Waals surface area (Å²) in [5.74, 6) is 1.44. The molecule has 0 spiro atoms. The molecule has 0 aliphatic heterocycles. The summed E-state index contributed by atoms with van der Waals surface area (Å²) in [6, 6.07) is 12.5. The van der Waals surface area contributed by atoms with E-state index in [0.29, 0.717) is 12.0 Å². The molecule has 3 aromatic rings. The molecule has 1 aromatic carbocycles. The molecule has 3 N–H and O–H groups in total. The van der Waals surface area contributed by atoms with Crippen LogP contribution in [-0.4, -0.2) is 21.2 Å². The van der Waals surface area contributed by atoms with Crippen molar-refractivity contribution in [3.8, 4) is 0 Å². The molecule has 112 valence electrons. The topological polar surface area (TPSA) is 73.6 Å². The first-order valence-corrected chi connectivity index (χ1v) is 7.67. The summed E-state index contributed by atoms with van der Waals surface area (Å²) < 4.78 is 0. The van der Waals surface area contributed by atoms with Crippen LogP contribution >= 0.6 is 0 Å². The fraction of sp³-hybridized carbons (Fsp3) is 0.294. The second-order valence-corrected chi connectivity index (χ2v) is 5.95. The van der Waals surface area contributed by atoms with Gasteiger partial charge in [0.05, 0.1) is 10.9 Å². The van der Waals surface area contributed by atoms with Crippen LogP contribution in [0.15, 0.2) is 47.4 Å². The molecule has 5 heteroatoms. The molecule has 0 saturated heterocycles. The van der Waals surface area contributed by atoms with Crippen molar-refractivity contribution >= 4 is 16.7 Å². The van der Waals surface area contributed by atoms with E-state index in [0.717, 1.165) is 36.0 Å². The Bertz CT molecular complexity index is 836. The van der Waals surface area contributed by atoms with Crippen molar-refractivity contribution in [1.29, 1.82) is 0 Å². The molecule has 1 aliphatic rings. The van der Waals surface area contributed by atoms with Gasteiger partial charge in [-0.2, -0.15) is 0 Å². The third-order valence-corrected chi connectivity index (χ3v) is 4.52. The van der Waals surface area contributed by atoms with Gasteiger partial charge in [0.2, 0.25) is 0 Å². The van der Waals surface area contributed by atoms with E-state index in [1.165, 1.54) is 5.56 Å². The Labute approximate surface area is 127 Å². The summed E-state index contributed by atoms with van der Waals surface area (Å²) in [5.41, 5.74) is 2.08. The number of aromatic amines is 2. The minimum absolute atomic E-state index is 0.0435. The summed E-state index contributed by atoms with van der Waals surface area (Å²) in [6.45, 7) is 0. The Hall–Kier alpha value is -2.56. The first-order valence-electron chi connectivity index (χ1n) is 7.67. The Kier molecular flexibility index (Phi) is 3.18. The van der Waals surface area contributed by atoms with Gasteiger partial charge in [-0.3, -0.25) is 15.0 Å². The van der Waals surface area contributed by atoms with Crippen LogP contribution in [0, 0.1) is 0 Å². The molecule has 0 amide bonds. The van der Waals surface area contributed by atoms with E-state index >= 15 is 0 Å². The molecular formula is C17H18N4O. The zero-order valence-electron chi connectivity index (χ0n) is 12.2. The van der Waals surface area contributed by atoms with E-state index in [4.69, 9.17) is 0 Å². The van der Waals surface area contributed by atoms with Crippen molar-refractivity contribution in [2.24, 2.45) is 0 Å². The molecule has 0 bridgehead atoms. The highest BCUT2D eigenvalue weighted by atomic mass is 16.1. The molecule has 1 fully saturated rings. The van der Waals surface area contributed by atoms with E-state index in [9.17, 15) is 4.79 Å². The third-order valence-electron chi connectivity index (χ3n) is 4.52. The molecule has 2 atom stereocenters. The van der Waals surface area contributed by atoms with E-state index in [1.807, 2.05) is 30.3 Å². The van der Waals surface area contributed by atoms with E-state index in [1.54, 1.807) is 6.20 Å². The zero-order valence-corrected chi connectivity index (χ0v) is 12.2. The molecule has 1 saturated carbocycles. The van der Waals surface area contributed by atoms with Crippen molar-refractivity contribution in [1.82, 2.24) is 15.2 Å². The van der Waals surface area contributed by atoms with E-state index in [-0.39, 0.29) is 5.56 Å². The lowest BCUT2D eigenvalue weighted by molar-refractivity contribution is 0.701. The molecule has 5 nitrogen and oxygen atoms in total. The van der Waals surface area contributed by atoms with Crippen molar-refractivity contribution < 1.29 is 0 Å². The summed E-state index contributed by atoms with van der Waals surface area (Å²) >= 11 is 0. The minimum atomic E-state index is -0.0435. The number of fused-ring (bicyclic) bond motifs is 1. The maximum atomic E-state index is 11.7. The maximum Gasteiger partial charge on any atom is 0.271 e. The van der Waals surface area contributed by atoms with E-state index < -0.39 is 0 Å². The Balaban J connectivity index is 1.51. The number of benzene rings is 1. The quantitative estimate of drug-likeness (QED) is 0.695. The lowest BCUT2D eigenvalue weighted by Gasteiger charge is -2.14. The number of hydrogen-bond donors (Lipinski definition) is 3. The van der Waals surface area contributed by atoms with Crippen LogP contribution in [0.1, 0.15) is 30.7 Å². The zero-order chi connectivity index (χ0) is 14.9. The van der Waals surface area contributed by atoms with Crippen LogP contribution in [0.2, 0.25) is 0 Å². The van der Waals surface area contributed by atoms with Crippen molar-refractivity contribution in [3.05, 3.63) is 58.5 Å². The number of anilines is 1. The normalized spacial score (nSPS) is 21.3. The molecular weight excluding hydrogens is 276 g/mol. The number of hydrogen-bond acceptors (Lipinski definition) is 3. The Morgan fingerprint density at radius 2 is 2.09 bits per heavy atom. The molecule has 2 aromatic heterocycles.